The number of sulfonamides is 1. The standard InChI is InChI=1S/C14H19N3O3S2/c1-16-14(6-7-15-16)22(19,20)17-8-2-4-11(17)10-12(18)13-5-3-9-21-13/h3,5-7,9,11-12,18H,2,4,8,10H2,1H3/t11-,12+/m0/s1. The van der Waals surface area contributed by atoms with Gasteiger partial charge in [-0.1, -0.05) is 6.07 Å². The van der Waals surface area contributed by atoms with Crippen LogP contribution in [0.3, 0.4) is 0 Å². The summed E-state index contributed by atoms with van der Waals surface area (Å²) in [6, 6.07) is 5.11. The molecule has 3 rings (SSSR count). The molecule has 8 heteroatoms. The second kappa shape index (κ2) is 6.11. The van der Waals surface area contributed by atoms with E-state index in [1.165, 1.54) is 32.6 Å². The smallest absolute Gasteiger partial charge is 0.260 e. The van der Waals surface area contributed by atoms with Crippen LogP contribution in [-0.4, -0.2) is 40.2 Å². The van der Waals surface area contributed by atoms with Crippen molar-refractivity contribution in [3.8, 4) is 0 Å². The van der Waals surface area contributed by atoms with Crippen molar-refractivity contribution in [1.82, 2.24) is 14.1 Å². The number of aliphatic hydroxyl groups excluding tert-OH is 1. The van der Waals surface area contributed by atoms with Gasteiger partial charge in [-0.2, -0.15) is 9.40 Å². The molecule has 0 amide bonds. The summed E-state index contributed by atoms with van der Waals surface area (Å²) >= 11 is 1.49. The zero-order valence-corrected chi connectivity index (χ0v) is 13.9. The van der Waals surface area contributed by atoms with E-state index in [1.807, 2.05) is 17.5 Å². The van der Waals surface area contributed by atoms with Crippen LogP contribution in [0, 0.1) is 0 Å². The molecule has 0 aromatic carbocycles. The monoisotopic (exact) mass is 341 g/mol. The topological polar surface area (TPSA) is 75.4 Å². The third kappa shape index (κ3) is 2.83. The summed E-state index contributed by atoms with van der Waals surface area (Å²) < 4.78 is 28.5. The van der Waals surface area contributed by atoms with Crippen LogP contribution in [0.4, 0.5) is 0 Å². The van der Waals surface area contributed by atoms with Crippen molar-refractivity contribution in [3.05, 3.63) is 34.7 Å². The van der Waals surface area contributed by atoms with Gasteiger partial charge in [0.05, 0.1) is 12.3 Å². The lowest BCUT2D eigenvalue weighted by atomic mass is 10.1. The van der Waals surface area contributed by atoms with E-state index in [0.29, 0.717) is 13.0 Å². The third-order valence-corrected chi connectivity index (χ3v) is 7.04. The zero-order chi connectivity index (χ0) is 15.7. The number of nitrogens with zero attached hydrogens (tertiary/aromatic N) is 3. The van der Waals surface area contributed by atoms with Gasteiger partial charge in [-0.15, -0.1) is 11.3 Å². The molecule has 22 heavy (non-hydrogen) atoms. The van der Waals surface area contributed by atoms with Crippen LogP contribution in [0.5, 0.6) is 0 Å². The highest BCUT2D eigenvalue weighted by Crippen LogP contribution is 2.32. The fraction of sp³-hybridized carbons (Fsp3) is 0.500. The molecule has 0 saturated carbocycles. The van der Waals surface area contributed by atoms with Gasteiger partial charge in [-0.05, 0) is 36.8 Å². The molecular weight excluding hydrogens is 322 g/mol. The van der Waals surface area contributed by atoms with Crippen molar-refractivity contribution in [2.45, 2.75) is 36.4 Å². The van der Waals surface area contributed by atoms with Gasteiger partial charge in [0.25, 0.3) is 10.0 Å². The number of aliphatic hydroxyl groups is 1. The Kier molecular flexibility index (Phi) is 4.35. The number of hydrogen-bond donors (Lipinski definition) is 1. The average Bonchev–Trinajstić information content (AvgIpc) is 3.19. The Bertz CT molecular complexity index is 724. The Morgan fingerprint density at radius 1 is 1.50 bits per heavy atom. The van der Waals surface area contributed by atoms with Crippen LogP contribution >= 0.6 is 11.3 Å². The number of aromatic nitrogens is 2. The minimum atomic E-state index is -3.56. The molecular formula is C14H19N3O3S2. The minimum Gasteiger partial charge on any atom is -0.388 e. The van der Waals surface area contributed by atoms with E-state index in [1.54, 1.807) is 7.05 Å². The molecule has 6 nitrogen and oxygen atoms in total. The summed E-state index contributed by atoms with van der Waals surface area (Å²) in [5, 5.41) is 16.4. The Morgan fingerprint density at radius 3 is 2.95 bits per heavy atom. The van der Waals surface area contributed by atoms with E-state index in [2.05, 4.69) is 5.10 Å². The first-order chi connectivity index (χ1) is 10.5. The van der Waals surface area contributed by atoms with Gasteiger partial charge < -0.3 is 5.11 Å². The van der Waals surface area contributed by atoms with Gasteiger partial charge in [0.2, 0.25) is 0 Å². The third-order valence-electron chi connectivity index (χ3n) is 4.04. The molecule has 120 valence electrons. The first-order valence-corrected chi connectivity index (χ1v) is 9.53. The molecule has 2 aromatic rings. The second-order valence-electron chi connectivity index (χ2n) is 5.47. The quantitative estimate of drug-likeness (QED) is 0.899. The van der Waals surface area contributed by atoms with Crippen molar-refractivity contribution in [3.63, 3.8) is 0 Å². The van der Waals surface area contributed by atoms with Gasteiger partial charge in [-0.25, -0.2) is 8.42 Å². The van der Waals surface area contributed by atoms with Crippen molar-refractivity contribution in [1.29, 1.82) is 0 Å². The summed E-state index contributed by atoms with van der Waals surface area (Å²) in [4.78, 5) is 0.879. The van der Waals surface area contributed by atoms with Crippen LogP contribution in [0.2, 0.25) is 0 Å². The maximum atomic E-state index is 12.8. The first-order valence-electron chi connectivity index (χ1n) is 7.21. The largest absolute Gasteiger partial charge is 0.388 e. The molecule has 0 bridgehead atoms. The number of rotatable bonds is 5. The maximum Gasteiger partial charge on any atom is 0.260 e. The van der Waals surface area contributed by atoms with Crippen LogP contribution in [0.1, 0.15) is 30.2 Å². The van der Waals surface area contributed by atoms with Crippen LogP contribution in [0.25, 0.3) is 0 Å². The minimum absolute atomic E-state index is 0.169. The predicted octanol–water partition coefficient (Wildman–Crippen LogP) is 1.76. The highest BCUT2D eigenvalue weighted by molar-refractivity contribution is 7.89. The summed E-state index contributed by atoms with van der Waals surface area (Å²) in [6.45, 7) is 0.495. The maximum absolute atomic E-state index is 12.8. The van der Waals surface area contributed by atoms with Gasteiger partial charge >= 0.3 is 0 Å². The lowest BCUT2D eigenvalue weighted by molar-refractivity contribution is 0.145. The zero-order valence-electron chi connectivity index (χ0n) is 12.3. The number of aryl methyl sites for hydroxylation is 1. The first kappa shape index (κ1) is 15.7. The predicted molar refractivity (Wildman–Crippen MR) is 84.0 cm³/mol. The molecule has 1 aliphatic heterocycles. The van der Waals surface area contributed by atoms with Gasteiger partial charge in [0.1, 0.15) is 0 Å². The van der Waals surface area contributed by atoms with E-state index in [9.17, 15) is 13.5 Å². The highest BCUT2D eigenvalue weighted by Gasteiger charge is 2.37. The summed E-state index contributed by atoms with van der Waals surface area (Å²) in [7, 11) is -1.94. The molecule has 0 spiro atoms. The number of hydrogen-bond acceptors (Lipinski definition) is 5. The van der Waals surface area contributed by atoms with Gasteiger partial charge in [-0.3, -0.25) is 4.68 Å². The van der Waals surface area contributed by atoms with Crippen LogP contribution in [0.15, 0.2) is 34.8 Å². The molecule has 2 aromatic heterocycles. The van der Waals surface area contributed by atoms with Crippen LogP contribution < -0.4 is 0 Å². The molecule has 1 saturated heterocycles. The lowest BCUT2D eigenvalue weighted by Crippen LogP contribution is -2.37. The normalized spacial score (nSPS) is 21.3. The van der Waals surface area contributed by atoms with Crippen molar-refractivity contribution in [2.24, 2.45) is 7.05 Å². The SMILES string of the molecule is Cn1nccc1S(=O)(=O)N1CCC[C@H]1C[C@@H](O)c1cccs1. The molecule has 1 aliphatic rings. The summed E-state index contributed by atoms with van der Waals surface area (Å²) in [5.41, 5.74) is 0. The molecule has 1 N–H and O–H groups in total. The Balaban J connectivity index is 1.80. The highest BCUT2D eigenvalue weighted by atomic mass is 32.2. The van der Waals surface area contributed by atoms with E-state index in [-0.39, 0.29) is 11.1 Å². The fourth-order valence-electron chi connectivity index (χ4n) is 2.95. The second-order valence-corrected chi connectivity index (χ2v) is 8.29. The molecule has 2 atom stereocenters. The average molecular weight is 341 g/mol. The fourth-order valence-corrected chi connectivity index (χ4v) is 5.48. The van der Waals surface area contributed by atoms with Gasteiger partial charge in [0, 0.05) is 24.5 Å². The van der Waals surface area contributed by atoms with E-state index in [4.69, 9.17) is 0 Å². The van der Waals surface area contributed by atoms with Crippen LogP contribution in [-0.2, 0) is 17.1 Å². The van der Waals surface area contributed by atoms with Crippen molar-refractivity contribution < 1.29 is 13.5 Å². The molecule has 3 heterocycles. The molecule has 0 radical (unpaired) electrons. The summed E-state index contributed by atoms with van der Waals surface area (Å²) in [5.74, 6) is 0. The lowest BCUT2D eigenvalue weighted by Gasteiger charge is -2.25. The Labute approximate surface area is 134 Å². The Morgan fingerprint density at radius 2 is 2.32 bits per heavy atom. The van der Waals surface area contributed by atoms with E-state index < -0.39 is 16.1 Å². The van der Waals surface area contributed by atoms with Gasteiger partial charge in [0.15, 0.2) is 5.03 Å². The van der Waals surface area contributed by atoms with Crippen molar-refractivity contribution in [2.75, 3.05) is 6.54 Å². The Hall–Kier alpha value is -1.22. The molecule has 1 fully saturated rings. The molecule has 0 aliphatic carbocycles. The van der Waals surface area contributed by atoms with Crippen molar-refractivity contribution >= 4 is 21.4 Å². The summed E-state index contributed by atoms with van der Waals surface area (Å²) in [6.07, 6.45) is 2.89. The van der Waals surface area contributed by atoms with E-state index in [0.717, 1.165) is 17.7 Å². The number of thiophene rings is 1. The van der Waals surface area contributed by atoms with E-state index >= 15 is 0 Å². The molecule has 0 unspecified atom stereocenters.